The summed E-state index contributed by atoms with van der Waals surface area (Å²) in [5.41, 5.74) is 0.0125. The third kappa shape index (κ3) is 3.51. The molecule has 5 heteroatoms. The van der Waals surface area contributed by atoms with E-state index in [4.69, 9.17) is 11.2 Å². The van der Waals surface area contributed by atoms with Crippen LogP contribution in [0.1, 0.15) is 10.4 Å². The second-order valence-corrected chi connectivity index (χ2v) is 4.27. The second-order valence-electron chi connectivity index (χ2n) is 4.27. The Labute approximate surface area is 121 Å². The first kappa shape index (κ1) is 14.4. The number of fused-ring (bicyclic) bond motifs is 1. The quantitative estimate of drug-likeness (QED) is 0.818. The Morgan fingerprint density at radius 2 is 1.90 bits per heavy atom. The van der Waals surface area contributed by atoms with Gasteiger partial charge in [-0.2, -0.15) is 0 Å². The maximum atomic E-state index is 11.4. The molecule has 106 valence electrons. The number of benzene rings is 2. The lowest BCUT2D eigenvalue weighted by Gasteiger charge is -2.10. The molecule has 0 unspecified atom stereocenters. The number of hydrogen-bond donors (Lipinski definition) is 2. The van der Waals surface area contributed by atoms with E-state index in [0.717, 1.165) is 10.8 Å². The van der Waals surface area contributed by atoms with Crippen molar-refractivity contribution in [1.82, 2.24) is 5.32 Å². The zero-order valence-corrected chi connectivity index (χ0v) is 11.1. The molecule has 0 aliphatic rings. The summed E-state index contributed by atoms with van der Waals surface area (Å²) in [5.74, 6) is 0.903. The number of nitrogens with one attached hydrogen (secondary N) is 1. The largest absolute Gasteiger partial charge is 0.483 e. The molecule has 0 saturated carbocycles. The summed E-state index contributed by atoms with van der Waals surface area (Å²) in [6.45, 7) is -0.188. The number of aromatic carboxylic acids is 1. The van der Waals surface area contributed by atoms with Crippen LogP contribution in [0, 0.1) is 12.3 Å². The number of carbonyl (C=O) groups excluding carboxylic acids is 1. The summed E-state index contributed by atoms with van der Waals surface area (Å²) >= 11 is 0. The average Bonchev–Trinajstić information content (AvgIpc) is 2.49. The van der Waals surface area contributed by atoms with Crippen LogP contribution in [0.5, 0.6) is 5.75 Å². The molecule has 0 saturated heterocycles. The van der Waals surface area contributed by atoms with Crippen molar-refractivity contribution < 1.29 is 19.4 Å². The van der Waals surface area contributed by atoms with Crippen LogP contribution in [0.15, 0.2) is 36.4 Å². The van der Waals surface area contributed by atoms with Gasteiger partial charge in [-0.05, 0) is 22.9 Å². The molecule has 0 aliphatic heterocycles. The average molecular weight is 283 g/mol. The lowest BCUT2D eigenvalue weighted by atomic mass is 10.1. The number of terminal acetylenes is 1. The zero-order chi connectivity index (χ0) is 15.2. The Morgan fingerprint density at radius 1 is 1.24 bits per heavy atom. The Bertz CT molecular complexity index is 731. The SMILES string of the molecule is C#CCNC(=O)COc1cc2ccccc2cc1C(=O)O. The van der Waals surface area contributed by atoms with E-state index in [9.17, 15) is 14.7 Å². The van der Waals surface area contributed by atoms with Gasteiger partial charge in [0.25, 0.3) is 5.91 Å². The van der Waals surface area contributed by atoms with E-state index >= 15 is 0 Å². The summed E-state index contributed by atoms with van der Waals surface area (Å²) in [6, 6.07) is 10.4. The summed E-state index contributed by atoms with van der Waals surface area (Å²) in [6.07, 6.45) is 5.03. The van der Waals surface area contributed by atoms with Crippen LogP contribution in [0.4, 0.5) is 0 Å². The molecule has 0 atom stereocenters. The number of hydrogen-bond acceptors (Lipinski definition) is 3. The van der Waals surface area contributed by atoms with Gasteiger partial charge in [0.2, 0.25) is 0 Å². The summed E-state index contributed by atoms with van der Waals surface area (Å²) < 4.78 is 5.30. The molecule has 2 aromatic carbocycles. The van der Waals surface area contributed by atoms with Crippen LogP contribution in [-0.4, -0.2) is 30.1 Å². The fourth-order valence-electron chi connectivity index (χ4n) is 1.85. The molecule has 0 spiro atoms. The first-order valence-electron chi connectivity index (χ1n) is 6.21. The lowest BCUT2D eigenvalue weighted by molar-refractivity contribution is -0.122. The summed E-state index contributed by atoms with van der Waals surface area (Å²) in [5, 5.41) is 13.3. The number of carboxylic acid groups (broad SMARTS) is 1. The van der Waals surface area contributed by atoms with Gasteiger partial charge in [-0.1, -0.05) is 30.2 Å². The van der Waals surface area contributed by atoms with Crippen LogP contribution in [-0.2, 0) is 4.79 Å². The maximum absolute atomic E-state index is 11.4. The molecule has 21 heavy (non-hydrogen) atoms. The highest BCUT2D eigenvalue weighted by Gasteiger charge is 2.14. The predicted octanol–water partition coefficient (Wildman–Crippen LogP) is 1.67. The van der Waals surface area contributed by atoms with Crippen molar-refractivity contribution in [2.24, 2.45) is 0 Å². The highest BCUT2D eigenvalue weighted by Crippen LogP contribution is 2.26. The van der Waals surface area contributed by atoms with E-state index in [2.05, 4.69) is 11.2 Å². The molecule has 2 N–H and O–H groups in total. The monoisotopic (exact) mass is 283 g/mol. The van der Waals surface area contributed by atoms with Gasteiger partial charge in [0.05, 0.1) is 6.54 Å². The first-order chi connectivity index (χ1) is 10.1. The topological polar surface area (TPSA) is 75.6 Å². The number of rotatable bonds is 5. The molecule has 0 fully saturated rings. The minimum atomic E-state index is -1.11. The van der Waals surface area contributed by atoms with E-state index in [-0.39, 0.29) is 24.5 Å². The van der Waals surface area contributed by atoms with E-state index in [0.29, 0.717) is 0 Å². The van der Waals surface area contributed by atoms with Crippen molar-refractivity contribution in [2.75, 3.05) is 13.2 Å². The van der Waals surface area contributed by atoms with Crippen LogP contribution in [0.2, 0.25) is 0 Å². The highest BCUT2D eigenvalue weighted by molar-refractivity contribution is 5.97. The Hall–Kier alpha value is -3.00. The Kier molecular flexibility index (Phi) is 4.42. The van der Waals surface area contributed by atoms with Crippen LogP contribution in [0.3, 0.4) is 0 Å². The fourth-order valence-corrected chi connectivity index (χ4v) is 1.85. The Morgan fingerprint density at radius 3 is 2.52 bits per heavy atom. The molecular weight excluding hydrogens is 270 g/mol. The lowest BCUT2D eigenvalue weighted by Crippen LogP contribution is -2.29. The number of carbonyl (C=O) groups is 2. The van der Waals surface area contributed by atoms with Gasteiger partial charge < -0.3 is 15.2 Å². The van der Waals surface area contributed by atoms with Crippen LogP contribution >= 0.6 is 0 Å². The minimum Gasteiger partial charge on any atom is -0.483 e. The summed E-state index contributed by atoms with van der Waals surface area (Å²) in [7, 11) is 0. The molecular formula is C16H13NO4. The molecule has 0 aliphatic carbocycles. The molecule has 0 aromatic heterocycles. The highest BCUT2D eigenvalue weighted by atomic mass is 16.5. The summed E-state index contributed by atoms with van der Waals surface area (Å²) in [4.78, 5) is 22.7. The van der Waals surface area contributed by atoms with Gasteiger partial charge in [0.1, 0.15) is 11.3 Å². The van der Waals surface area contributed by atoms with Crippen molar-refractivity contribution >= 4 is 22.6 Å². The van der Waals surface area contributed by atoms with E-state index in [1.165, 1.54) is 6.07 Å². The van der Waals surface area contributed by atoms with Gasteiger partial charge in [0.15, 0.2) is 6.61 Å². The van der Waals surface area contributed by atoms with Crippen molar-refractivity contribution in [3.05, 3.63) is 42.0 Å². The van der Waals surface area contributed by atoms with Crippen molar-refractivity contribution in [1.29, 1.82) is 0 Å². The zero-order valence-electron chi connectivity index (χ0n) is 11.1. The van der Waals surface area contributed by atoms with Gasteiger partial charge in [-0.25, -0.2) is 4.79 Å². The third-order valence-corrected chi connectivity index (χ3v) is 2.82. The predicted molar refractivity (Wildman–Crippen MR) is 78.2 cm³/mol. The van der Waals surface area contributed by atoms with Crippen molar-refractivity contribution in [3.8, 4) is 18.1 Å². The van der Waals surface area contributed by atoms with E-state index in [1.807, 2.05) is 24.3 Å². The molecule has 0 heterocycles. The smallest absolute Gasteiger partial charge is 0.339 e. The van der Waals surface area contributed by atoms with Gasteiger partial charge in [0, 0.05) is 0 Å². The third-order valence-electron chi connectivity index (χ3n) is 2.82. The van der Waals surface area contributed by atoms with Gasteiger partial charge >= 0.3 is 5.97 Å². The number of carboxylic acids is 1. The fraction of sp³-hybridized carbons (Fsp3) is 0.125. The van der Waals surface area contributed by atoms with Crippen molar-refractivity contribution in [3.63, 3.8) is 0 Å². The van der Waals surface area contributed by atoms with Gasteiger partial charge in [-0.3, -0.25) is 4.79 Å². The number of amides is 1. The molecule has 0 radical (unpaired) electrons. The Balaban J connectivity index is 2.25. The maximum Gasteiger partial charge on any atom is 0.339 e. The van der Waals surface area contributed by atoms with Crippen LogP contribution in [0.25, 0.3) is 10.8 Å². The standard InChI is InChI=1S/C16H13NO4/c1-2-7-17-15(18)10-21-14-9-12-6-4-3-5-11(12)8-13(14)16(19)20/h1,3-6,8-9H,7,10H2,(H,17,18)(H,19,20). The molecule has 0 bridgehead atoms. The molecule has 1 amide bonds. The molecule has 2 rings (SSSR count). The van der Waals surface area contributed by atoms with Crippen LogP contribution < -0.4 is 10.1 Å². The molecule has 2 aromatic rings. The first-order valence-corrected chi connectivity index (χ1v) is 6.21. The normalized spacial score (nSPS) is 9.86. The van der Waals surface area contributed by atoms with E-state index < -0.39 is 11.9 Å². The van der Waals surface area contributed by atoms with Crippen molar-refractivity contribution in [2.45, 2.75) is 0 Å². The second kappa shape index (κ2) is 6.44. The number of ether oxygens (including phenoxy) is 1. The van der Waals surface area contributed by atoms with E-state index in [1.54, 1.807) is 6.07 Å². The van der Waals surface area contributed by atoms with Gasteiger partial charge in [-0.15, -0.1) is 6.42 Å². The molecule has 5 nitrogen and oxygen atoms in total. The minimum absolute atomic E-state index is 0.0125.